The number of nitrogens with zero attached hydrogens (tertiary/aromatic N) is 1. The molecule has 2 amide bonds. The van der Waals surface area contributed by atoms with Crippen molar-refractivity contribution in [1.29, 1.82) is 0 Å². The van der Waals surface area contributed by atoms with E-state index >= 15 is 0 Å². The SMILES string of the molecule is Cc1nc(-c2ccccc2)sc1C(=O)NNC(=O)/C=C/c1ccc(OC(F)F)cc1. The lowest BCUT2D eigenvalue weighted by Gasteiger charge is -2.04. The van der Waals surface area contributed by atoms with Crippen LogP contribution in [0.3, 0.4) is 0 Å². The maximum atomic E-state index is 12.4. The molecule has 0 radical (unpaired) electrons. The van der Waals surface area contributed by atoms with Crippen LogP contribution in [0.5, 0.6) is 5.75 Å². The molecule has 6 nitrogen and oxygen atoms in total. The van der Waals surface area contributed by atoms with Crippen LogP contribution in [0.25, 0.3) is 16.6 Å². The fourth-order valence-corrected chi connectivity index (χ4v) is 3.43. The molecule has 3 rings (SSSR count). The Labute approximate surface area is 175 Å². The van der Waals surface area contributed by atoms with Crippen LogP contribution in [0.2, 0.25) is 0 Å². The minimum absolute atomic E-state index is 0.0219. The monoisotopic (exact) mass is 429 g/mol. The molecular weight excluding hydrogens is 412 g/mol. The Morgan fingerprint density at radius 3 is 2.43 bits per heavy atom. The van der Waals surface area contributed by atoms with Gasteiger partial charge in [-0.1, -0.05) is 42.5 Å². The molecule has 0 fully saturated rings. The van der Waals surface area contributed by atoms with Gasteiger partial charge in [-0.15, -0.1) is 11.3 Å². The van der Waals surface area contributed by atoms with Crippen LogP contribution in [-0.2, 0) is 4.79 Å². The number of aromatic nitrogens is 1. The van der Waals surface area contributed by atoms with Gasteiger partial charge in [-0.3, -0.25) is 20.4 Å². The summed E-state index contributed by atoms with van der Waals surface area (Å²) in [4.78, 5) is 29.1. The number of alkyl halides is 2. The molecule has 0 saturated heterocycles. The van der Waals surface area contributed by atoms with Gasteiger partial charge in [0, 0.05) is 11.6 Å². The largest absolute Gasteiger partial charge is 0.435 e. The molecule has 2 N–H and O–H groups in total. The first-order chi connectivity index (χ1) is 14.4. The lowest BCUT2D eigenvalue weighted by Crippen LogP contribution is -2.40. The van der Waals surface area contributed by atoms with Crippen molar-refractivity contribution in [3.63, 3.8) is 0 Å². The molecule has 0 bridgehead atoms. The highest BCUT2D eigenvalue weighted by Gasteiger charge is 2.16. The number of benzene rings is 2. The summed E-state index contributed by atoms with van der Waals surface area (Å²) in [6, 6.07) is 15.2. The number of thiazole rings is 1. The second kappa shape index (κ2) is 9.75. The zero-order valence-corrected chi connectivity index (χ0v) is 16.6. The third-order valence-corrected chi connectivity index (χ3v) is 5.06. The fraction of sp³-hybridized carbons (Fsp3) is 0.0952. The van der Waals surface area contributed by atoms with E-state index in [2.05, 4.69) is 20.6 Å². The van der Waals surface area contributed by atoms with E-state index in [4.69, 9.17) is 0 Å². The van der Waals surface area contributed by atoms with E-state index in [9.17, 15) is 18.4 Å². The predicted molar refractivity (Wildman–Crippen MR) is 110 cm³/mol. The summed E-state index contributed by atoms with van der Waals surface area (Å²) in [5, 5.41) is 0.712. The van der Waals surface area contributed by atoms with Gasteiger partial charge in [0.05, 0.1) is 5.69 Å². The molecule has 0 spiro atoms. The van der Waals surface area contributed by atoms with E-state index in [1.807, 2.05) is 30.3 Å². The Morgan fingerprint density at radius 1 is 1.07 bits per heavy atom. The van der Waals surface area contributed by atoms with E-state index in [0.717, 1.165) is 5.56 Å². The number of hydrogen-bond donors (Lipinski definition) is 2. The van der Waals surface area contributed by atoms with Crippen molar-refractivity contribution in [2.24, 2.45) is 0 Å². The lowest BCUT2D eigenvalue weighted by molar-refractivity contribution is -0.117. The van der Waals surface area contributed by atoms with Crippen molar-refractivity contribution in [2.75, 3.05) is 0 Å². The van der Waals surface area contributed by atoms with E-state index in [1.165, 1.54) is 47.8 Å². The highest BCUT2D eigenvalue weighted by Crippen LogP contribution is 2.27. The number of nitrogens with one attached hydrogen (secondary N) is 2. The molecular formula is C21H17F2N3O3S. The van der Waals surface area contributed by atoms with Crippen molar-refractivity contribution in [3.05, 3.63) is 76.8 Å². The average molecular weight is 429 g/mol. The van der Waals surface area contributed by atoms with Crippen LogP contribution < -0.4 is 15.6 Å². The van der Waals surface area contributed by atoms with Gasteiger partial charge in [-0.2, -0.15) is 8.78 Å². The minimum atomic E-state index is -2.90. The van der Waals surface area contributed by atoms with Crippen molar-refractivity contribution < 1.29 is 23.1 Å². The van der Waals surface area contributed by atoms with Crippen LogP contribution in [0.15, 0.2) is 60.7 Å². The number of carbonyl (C=O) groups is 2. The summed E-state index contributed by atoms with van der Waals surface area (Å²) >= 11 is 1.23. The van der Waals surface area contributed by atoms with Gasteiger partial charge < -0.3 is 4.74 Å². The molecule has 0 unspecified atom stereocenters. The van der Waals surface area contributed by atoms with Crippen LogP contribution in [-0.4, -0.2) is 23.4 Å². The van der Waals surface area contributed by atoms with E-state index in [1.54, 1.807) is 6.92 Å². The Balaban J connectivity index is 1.55. The number of hydrazine groups is 1. The summed E-state index contributed by atoms with van der Waals surface area (Å²) in [5.41, 5.74) is 6.71. The molecule has 0 aliphatic carbocycles. The molecule has 1 heterocycles. The summed E-state index contributed by atoms with van der Waals surface area (Å²) in [6.07, 6.45) is 2.68. The van der Waals surface area contributed by atoms with Crippen LogP contribution >= 0.6 is 11.3 Å². The van der Waals surface area contributed by atoms with Crippen molar-refractivity contribution in [3.8, 4) is 16.3 Å². The summed E-state index contributed by atoms with van der Waals surface area (Å²) < 4.78 is 28.5. The number of amides is 2. The van der Waals surface area contributed by atoms with Gasteiger partial charge in [0.25, 0.3) is 11.8 Å². The van der Waals surface area contributed by atoms with Gasteiger partial charge >= 0.3 is 6.61 Å². The van der Waals surface area contributed by atoms with Gasteiger partial charge in [-0.25, -0.2) is 4.98 Å². The Morgan fingerprint density at radius 2 is 1.77 bits per heavy atom. The molecule has 0 atom stereocenters. The Bertz CT molecular complexity index is 1050. The van der Waals surface area contributed by atoms with Gasteiger partial charge in [-0.05, 0) is 30.7 Å². The van der Waals surface area contributed by atoms with E-state index < -0.39 is 18.4 Å². The quantitative estimate of drug-likeness (QED) is 0.455. The number of aryl methyl sites for hydroxylation is 1. The highest BCUT2D eigenvalue weighted by atomic mass is 32.1. The Kier molecular flexibility index (Phi) is 6.87. The third-order valence-electron chi connectivity index (χ3n) is 3.86. The maximum Gasteiger partial charge on any atom is 0.387 e. The second-order valence-corrected chi connectivity index (χ2v) is 7.02. The minimum Gasteiger partial charge on any atom is -0.435 e. The lowest BCUT2D eigenvalue weighted by atomic mass is 10.2. The third kappa shape index (κ3) is 5.71. The van der Waals surface area contributed by atoms with Crippen molar-refractivity contribution in [1.82, 2.24) is 15.8 Å². The first kappa shape index (κ1) is 21.1. The van der Waals surface area contributed by atoms with Crippen LogP contribution in [0, 0.1) is 6.92 Å². The van der Waals surface area contributed by atoms with Crippen LogP contribution in [0.1, 0.15) is 20.9 Å². The standard InChI is InChI=1S/C21H17F2N3O3S/c1-13-18(30-20(24-13)15-5-3-2-4-6-15)19(28)26-25-17(27)12-9-14-7-10-16(11-8-14)29-21(22)23/h2-12,21H,1H3,(H,25,27)(H,26,28)/b12-9+. The maximum absolute atomic E-state index is 12.4. The van der Waals surface area contributed by atoms with Gasteiger partial charge in [0.15, 0.2) is 0 Å². The summed E-state index contributed by atoms with van der Waals surface area (Å²) in [7, 11) is 0. The molecule has 2 aromatic carbocycles. The first-order valence-electron chi connectivity index (χ1n) is 8.78. The van der Waals surface area contributed by atoms with Crippen molar-refractivity contribution in [2.45, 2.75) is 13.5 Å². The average Bonchev–Trinajstić information content (AvgIpc) is 3.13. The highest BCUT2D eigenvalue weighted by molar-refractivity contribution is 7.17. The topological polar surface area (TPSA) is 80.3 Å². The fourth-order valence-electron chi connectivity index (χ4n) is 2.46. The predicted octanol–water partition coefficient (Wildman–Crippen LogP) is 4.19. The summed E-state index contributed by atoms with van der Waals surface area (Å²) in [5.74, 6) is -1.00. The normalized spacial score (nSPS) is 10.9. The number of carbonyl (C=O) groups excluding carboxylic acids is 2. The molecule has 9 heteroatoms. The number of halogens is 2. The van der Waals surface area contributed by atoms with Gasteiger partial charge in [0.1, 0.15) is 15.6 Å². The second-order valence-electron chi connectivity index (χ2n) is 6.02. The number of hydrogen-bond acceptors (Lipinski definition) is 5. The number of ether oxygens (including phenoxy) is 1. The molecule has 0 aliphatic rings. The molecule has 154 valence electrons. The Hall–Kier alpha value is -3.59. The zero-order valence-electron chi connectivity index (χ0n) is 15.8. The summed E-state index contributed by atoms with van der Waals surface area (Å²) in [6.45, 7) is -1.17. The van der Waals surface area contributed by atoms with E-state index in [-0.39, 0.29) is 5.75 Å². The van der Waals surface area contributed by atoms with Crippen LogP contribution in [0.4, 0.5) is 8.78 Å². The van der Waals surface area contributed by atoms with Crippen molar-refractivity contribution >= 4 is 29.2 Å². The molecule has 30 heavy (non-hydrogen) atoms. The first-order valence-corrected chi connectivity index (χ1v) is 9.60. The molecule has 0 saturated carbocycles. The molecule has 1 aromatic heterocycles. The molecule has 0 aliphatic heterocycles. The number of rotatable bonds is 6. The van der Waals surface area contributed by atoms with Gasteiger partial charge in [0.2, 0.25) is 0 Å². The molecule has 3 aromatic rings. The smallest absolute Gasteiger partial charge is 0.387 e. The van der Waals surface area contributed by atoms with E-state index in [0.29, 0.717) is 21.1 Å². The zero-order chi connectivity index (χ0) is 21.5.